The molecule has 0 radical (unpaired) electrons. The third kappa shape index (κ3) is 3.59. The lowest BCUT2D eigenvalue weighted by atomic mass is 9.81. The number of allylic oxidation sites excluding steroid dienone is 4. The van der Waals surface area contributed by atoms with Gasteiger partial charge in [-0.25, -0.2) is 0 Å². The molecule has 0 spiro atoms. The van der Waals surface area contributed by atoms with E-state index in [0.29, 0.717) is 11.1 Å². The van der Waals surface area contributed by atoms with Crippen LogP contribution in [0.1, 0.15) is 62.4 Å². The van der Waals surface area contributed by atoms with Crippen molar-refractivity contribution < 1.29 is 9.59 Å². The monoisotopic (exact) mass is 547 g/mol. The molecule has 7 rings (SSSR count). The summed E-state index contributed by atoms with van der Waals surface area (Å²) in [6.45, 7) is 13.2. The fraction of sp³-hybridized carbons (Fsp3) is 0.179. The van der Waals surface area contributed by atoms with Crippen LogP contribution in [-0.2, 0) is 5.41 Å². The number of aryl methyl sites for hydroxylation is 2. The number of Topliss-reactive ketones (excluding diaryl/α,β-unsaturated/α-hetero) is 2. The van der Waals surface area contributed by atoms with E-state index in [1.54, 1.807) is 6.08 Å². The van der Waals surface area contributed by atoms with E-state index in [1.807, 2.05) is 42.5 Å². The quantitative estimate of drug-likeness (QED) is 0.163. The molecule has 5 aromatic rings. The van der Waals surface area contributed by atoms with Crippen LogP contribution in [0.2, 0.25) is 0 Å². The number of anilines is 2. The van der Waals surface area contributed by atoms with Gasteiger partial charge in [0.05, 0.1) is 16.9 Å². The maximum Gasteiger partial charge on any atom is 0.197 e. The van der Waals surface area contributed by atoms with E-state index in [-0.39, 0.29) is 17.1 Å². The van der Waals surface area contributed by atoms with Gasteiger partial charge >= 0.3 is 0 Å². The molecule has 0 unspecified atom stereocenters. The van der Waals surface area contributed by atoms with E-state index in [2.05, 4.69) is 88.9 Å². The Morgan fingerprint density at radius 2 is 1.24 bits per heavy atom. The molecule has 0 atom stereocenters. The van der Waals surface area contributed by atoms with Crippen LogP contribution in [0.25, 0.3) is 21.5 Å². The van der Waals surface area contributed by atoms with Crippen molar-refractivity contribution in [1.82, 2.24) is 0 Å². The summed E-state index contributed by atoms with van der Waals surface area (Å²) in [7, 11) is 0. The van der Waals surface area contributed by atoms with Crippen LogP contribution in [0, 0.1) is 27.7 Å². The molecule has 0 saturated heterocycles. The predicted molar refractivity (Wildman–Crippen MR) is 173 cm³/mol. The Bertz CT molecular complexity index is 2030. The number of benzene rings is 5. The van der Waals surface area contributed by atoms with Crippen molar-refractivity contribution in [1.29, 1.82) is 0 Å². The molecule has 0 amide bonds. The highest BCUT2D eigenvalue weighted by Gasteiger charge is 2.43. The Morgan fingerprint density at radius 1 is 0.643 bits per heavy atom. The Hall–Kier alpha value is -4.76. The largest absolute Gasteiger partial charge is 0.312 e. The summed E-state index contributed by atoms with van der Waals surface area (Å²) in [6.07, 6.45) is 3.78. The van der Waals surface area contributed by atoms with E-state index < -0.39 is 5.41 Å². The summed E-state index contributed by atoms with van der Waals surface area (Å²) in [6, 6.07) is 26.8. The van der Waals surface area contributed by atoms with Crippen molar-refractivity contribution in [3.05, 3.63) is 141 Å². The fourth-order valence-electron chi connectivity index (χ4n) is 7.10. The molecule has 0 N–H and O–H groups in total. The normalized spacial score (nSPS) is 16.6. The van der Waals surface area contributed by atoms with Gasteiger partial charge < -0.3 is 4.90 Å². The molecule has 42 heavy (non-hydrogen) atoms. The lowest BCUT2D eigenvalue weighted by Crippen LogP contribution is -2.24. The Balaban J connectivity index is 1.46. The number of carbonyl (C=O) groups is 2. The van der Waals surface area contributed by atoms with E-state index in [4.69, 9.17) is 0 Å². The lowest BCUT2D eigenvalue weighted by Gasteiger charge is -2.30. The zero-order chi connectivity index (χ0) is 29.5. The summed E-state index contributed by atoms with van der Waals surface area (Å²) < 4.78 is 0. The predicted octanol–water partition coefficient (Wildman–Crippen LogP) is 9.55. The van der Waals surface area contributed by atoms with Gasteiger partial charge in [0.25, 0.3) is 0 Å². The molecule has 1 heterocycles. The number of nitrogens with zero attached hydrogens (tertiary/aromatic N) is 1. The zero-order valence-electron chi connectivity index (χ0n) is 24.9. The third-order valence-corrected chi connectivity index (χ3v) is 9.47. The number of carbonyl (C=O) groups excluding carboxylic acids is 2. The van der Waals surface area contributed by atoms with Gasteiger partial charge in [0.1, 0.15) is 0 Å². The van der Waals surface area contributed by atoms with Gasteiger partial charge in [-0.15, -0.1) is 0 Å². The van der Waals surface area contributed by atoms with Gasteiger partial charge in [0.15, 0.2) is 11.6 Å². The first-order valence-corrected chi connectivity index (χ1v) is 14.5. The first kappa shape index (κ1) is 26.2. The highest BCUT2D eigenvalue weighted by molar-refractivity contribution is 6.40. The molecule has 1 aliphatic carbocycles. The minimum atomic E-state index is -0.392. The minimum absolute atomic E-state index is 0.207. The first-order valence-electron chi connectivity index (χ1n) is 14.5. The average molecular weight is 548 g/mol. The van der Waals surface area contributed by atoms with Crippen molar-refractivity contribution in [2.45, 2.75) is 47.0 Å². The molecular weight excluding hydrogens is 514 g/mol. The number of fused-ring (bicyclic) bond motifs is 5. The van der Waals surface area contributed by atoms with Gasteiger partial charge in [-0.3, -0.25) is 9.59 Å². The highest BCUT2D eigenvalue weighted by Crippen LogP contribution is 2.55. The van der Waals surface area contributed by atoms with Gasteiger partial charge in [-0.2, -0.15) is 0 Å². The number of ketones is 2. The van der Waals surface area contributed by atoms with E-state index in [9.17, 15) is 9.59 Å². The standard InChI is InChI=1S/C39H33NO2/c1-22-19-23(2)36(25(4)24(22)3)40-33-17-15-26-11-9-10-14-29(26)35(33)39(5,6)34(40)18-16-30-37(41)31-20-27-12-7-8-13-28(27)21-32(31)38(30)42/h7-21H,1-6H3/b34-18+. The van der Waals surface area contributed by atoms with Crippen LogP contribution < -0.4 is 4.90 Å². The summed E-state index contributed by atoms with van der Waals surface area (Å²) in [5.41, 5.74) is 10.3. The topological polar surface area (TPSA) is 37.4 Å². The SMILES string of the molecule is Cc1cc(C)c(N2/C(=C/C=C3C(=O)c4cc5ccccc5cc4C3=O)C(C)(C)c3c2ccc2ccccc32)c(C)c1C. The second kappa shape index (κ2) is 9.12. The first-order chi connectivity index (χ1) is 20.1. The van der Waals surface area contributed by atoms with Crippen molar-refractivity contribution in [2.24, 2.45) is 0 Å². The second-order valence-electron chi connectivity index (χ2n) is 12.3. The molecule has 3 heteroatoms. The summed E-state index contributed by atoms with van der Waals surface area (Å²) in [5, 5.41) is 4.33. The maximum atomic E-state index is 13.6. The van der Waals surface area contributed by atoms with Crippen LogP contribution in [0.5, 0.6) is 0 Å². The molecule has 0 bridgehead atoms. The summed E-state index contributed by atoms with van der Waals surface area (Å²) in [4.78, 5) is 29.6. The molecule has 0 aromatic heterocycles. The Kier molecular flexibility index (Phi) is 5.68. The molecule has 206 valence electrons. The molecule has 5 aromatic carbocycles. The molecule has 3 nitrogen and oxygen atoms in total. The number of rotatable bonds is 2. The molecule has 0 saturated carbocycles. The van der Waals surface area contributed by atoms with Crippen LogP contribution >= 0.6 is 0 Å². The highest BCUT2D eigenvalue weighted by atomic mass is 16.2. The van der Waals surface area contributed by atoms with E-state index in [0.717, 1.165) is 27.8 Å². The van der Waals surface area contributed by atoms with Crippen LogP contribution in [0.15, 0.2) is 102 Å². The summed E-state index contributed by atoms with van der Waals surface area (Å²) in [5.74, 6) is -0.414. The lowest BCUT2D eigenvalue weighted by molar-refractivity contribution is 0.0988. The van der Waals surface area contributed by atoms with Crippen molar-refractivity contribution in [2.75, 3.05) is 4.90 Å². The number of hydrogen-bond donors (Lipinski definition) is 0. The fourth-order valence-corrected chi connectivity index (χ4v) is 7.10. The van der Waals surface area contributed by atoms with Crippen molar-refractivity contribution in [3.8, 4) is 0 Å². The Labute approximate surface area is 246 Å². The van der Waals surface area contributed by atoms with Gasteiger partial charge in [0.2, 0.25) is 0 Å². The zero-order valence-corrected chi connectivity index (χ0v) is 24.9. The average Bonchev–Trinajstić information content (AvgIpc) is 3.34. The summed E-state index contributed by atoms with van der Waals surface area (Å²) >= 11 is 0. The van der Waals surface area contributed by atoms with E-state index >= 15 is 0 Å². The second-order valence-corrected chi connectivity index (χ2v) is 12.3. The minimum Gasteiger partial charge on any atom is -0.312 e. The molecular formula is C39H33NO2. The molecule has 2 aliphatic rings. The van der Waals surface area contributed by atoms with Gasteiger partial charge in [-0.05, 0) is 107 Å². The van der Waals surface area contributed by atoms with Crippen LogP contribution in [0.3, 0.4) is 0 Å². The van der Waals surface area contributed by atoms with E-state index in [1.165, 1.54) is 38.6 Å². The van der Waals surface area contributed by atoms with Crippen molar-refractivity contribution in [3.63, 3.8) is 0 Å². The van der Waals surface area contributed by atoms with Crippen LogP contribution in [0.4, 0.5) is 11.4 Å². The van der Waals surface area contributed by atoms with Crippen molar-refractivity contribution >= 4 is 44.5 Å². The van der Waals surface area contributed by atoms with Crippen LogP contribution in [-0.4, -0.2) is 11.6 Å². The maximum absolute atomic E-state index is 13.6. The Morgan fingerprint density at radius 3 is 1.88 bits per heavy atom. The third-order valence-electron chi connectivity index (χ3n) is 9.47. The van der Waals surface area contributed by atoms with Gasteiger partial charge in [-0.1, -0.05) is 74.5 Å². The molecule has 0 fully saturated rings. The molecule has 1 aliphatic heterocycles. The number of hydrogen-bond acceptors (Lipinski definition) is 3. The van der Waals surface area contributed by atoms with Gasteiger partial charge in [0, 0.05) is 22.2 Å². The smallest absolute Gasteiger partial charge is 0.197 e.